The highest BCUT2D eigenvalue weighted by atomic mass is 32.2. The van der Waals surface area contributed by atoms with Crippen LogP contribution < -0.4 is 9.62 Å². The van der Waals surface area contributed by atoms with E-state index < -0.39 is 68.2 Å². The van der Waals surface area contributed by atoms with Gasteiger partial charge in [0.15, 0.2) is 9.84 Å². The van der Waals surface area contributed by atoms with E-state index in [1.807, 2.05) is 0 Å². The lowest BCUT2D eigenvalue weighted by Crippen LogP contribution is -2.64. The summed E-state index contributed by atoms with van der Waals surface area (Å²) in [6.45, 7) is 0.532. The molecule has 14 heteroatoms. The first-order valence-corrected chi connectivity index (χ1v) is 13.9. The summed E-state index contributed by atoms with van der Waals surface area (Å²) in [5.41, 5.74) is 0.0863. The normalized spacial score (nSPS) is 26.1. The second-order valence-electron chi connectivity index (χ2n) is 8.95. The molecule has 2 atom stereocenters. The number of halogens is 4. The van der Waals surface area contributed by atoms with E-state index in [4.69, 9.17) is 0 Å². The molecule has 0 spiro atoms. The predicted molar refractivity (Wildman–Crippen MR) is 114 cm³/mol. The fraction of sp³-hybridized carbons (Fsp3) is 0.500. The van der Waals surface area contributed by atoms with Gasteiger partial charge in [-0.25, -0.2) is 40.3 Å². The van der Waals surface area contributed by atoms with Gasteiger partial charge in [0.25, 0.3) is 11.8 Å². The first kappa shape index (κ1) is 23.4. The summed E-state index contributed by atoms with van der Waals surface area (Å²) in [7, 11) is -7.56. The summed E-state index contributed by atoms with van der Waals surface area (Å²) < 4.78 is 108. The lowest BCUT2D eigenvalue weighted by atomic mass is 10.00. The summed E-state index contributed by atoms with van der Waals surface area (Å²) in [4.78, 5) is 9.23. The first-order valence-electron chi connectivity index (χ1n) is 10.4. The lowest BCUT2D eigenvalue weighted by Gasteiger charge is -2.45. The minimum absolute atomic E-state index is 0.0529. The van der Waals surface area contributed by atoms with Crippen LogP contribution in [0.2, 0.25) is 0 Å². The maximum atomic E-state index is 14.6. The molecule has 1 aromatic carbocycles. The average Bonchev–Trinajstić information content (AvgIpc) is 3.16. The molecule has 8 nitrogen and oxygen atoms in total. The molecule has 34 heavy (non-hydrogen) atoms. The van der Waals surface area contributed by atoms with Crippen LogP contribution in [0, 0.1) is 0 Å². The molecule has 1 fully saturated rings. The second-order valence-corrected chi connectivity index (χ2v) is 12.7. The number of sulfone groups is 1. The van der Waals surface area contributed by atoms with Crippen molar-refractivity contribution in [1.82, 2.24) is 14.7 Å². The molecule has 1 saturated heterocycles. The molecule has 0 unspecified atom stereocenters. The molecule has 2 aromatic rings. The van der Waals surface area contributed by atoms with Crippen LogP contribution in [0.3, 0.4) is 0 Å². The van der Waals surface area contributed by atoms with Gasteiger partial charge in [-0.3, -0.25) is 0 Å². The summed E-state index contributed by atoms with van der Waals surface area (Å²) in [5.74, 6) is -7.03. The van der Waals surface area contributed by atoms with Crippen molar-refractivity contribution in [2.24, 2.45) is 0 Å². The van der Waals surface area contributed by atoms with E-state index in [-0.39, 0.29) is 39.6 Å². The van der Waals surface area contributed by atoms with Gasteiger partial charge >= 0.3 is 0 Å². The van der Waals surface area contributed by atoms with Crippen LogP contribution in [0.4, 0.5) is 23.5 Å². The molecule has 0 radical (unpaired) electrons. The SMILES string of the molecule is C[C@@H]1N(c2nc(-c3ccc4c(c3)S(=O)(=O)C[C@H]4NS(C)(=O)=O)c3c(n2)C(F)(F)CC3)CC1(F)F. The van der Waals surface area contributed by atoms with E-state index >= 15 is 0 Å². The third-order valence-electron chi connectivity index (χ3n) is 6.49. The summed E-state index contributed by atoms with van der Waals surface area (Å²) in [5, 5.41) is 0. The summed E-state index contributed by atoms with van der Waals surface area (Å²) in [6.07, 6.45) is 0.326. The van der Waals surface area contributed by atoms with Crippen molar-refractivity contribution >= 4 is 25.8 Å². The maximum absolute atomic E-state index is 14.6. The molecule has 0 saturated carbocycles. The van der Waals surface area contributed by atoms with Crippen molar-refractivity contribution in [3.8, 4) is 11.3 Å². The predicted octanol–water partition coefficient (Wildman–Crippen LogP) is 2.40. The minimum atomic E-state index is -3.87. The third-order valence-corrected chi connectivity index (χ3v) is 9.00. The van der Waals surface area contributed by atoms with Gasteiger partial charge in [0.1, 0.15) is 5.69 Å². The zero-order chi connectivity index (χ0) is 24.8. The van der Waals surface area contributed by atoms with Crippen molar-refractivity contribution in [2.75, 3.05) is 23.5 Å². The van der Waals surface area contributed by atoms with Gasteiger partial charge in [0.05, 0.1) is 41.2 Å². The minimum Gasteiger partial charge on any atom is -0.326 e. The molecule has 3 heterocycles. The number of hydrogen-bond donors (Lipinski definition) is 1. The highest BCUT2D eigenvalue weighted by Gasteiger charge is 2.54. The molecule has 3 aliphatic rings. The van der Waals surface area contributed by atoms with Crippen LogP contribution in [0.1, 0.15) is 36.2 Å². The van der Waals surface area contributed by atoms with Crippen molar-refractivity contribution in [1.29, 1.82) is 0 Å². The Morgan fingerprint density at radius 2 is 1.88 bits per heavy atom. The number of fused-ring (bicyclic) bond motifs is 2. The maximum Gasteiger partial charge on any atom is 0.290 e. The Kier molecular flexibility index (Phi) is 4.89. The zero-order valence-electron chi connectivity index (χ0n) is 18.0. The summed E-state index contributed by atoms with van der Waals surface area (Å²) in [6, 6.07) is 1.89. The average molecular weight is 521 g/mol. The van der Waals surface area contributed by atoms with Crippen molar-refractivity contribution in [2.45, 2.75) is 48.6 Å². The number of anilines is 1. The van der Waals surface area contributed by atoms with Gasteiger partial charge in [-0.15, -0.1) is 0 Å². The number of benzene rings is 1. The number of alkyl halides is 4. The van der Waals surface area contributed by atoms with E-state index in [9.17, 15) is 34.4 Å². The highest BCUT2D eigenvalue weighted by Crippen LogP contribution is 2.47. The highest BCUT2D eigenvalue weighted by molar-refractivity contribution is 7.92. The fourth-order valence-corrected chi connectivity index (χ4v) is 7.22. The monoisotopic (exact) mass is 520 g/mol. The lowest BCUT2D eigenvalue weighted by molar-refractivity contribution is -0.0650. The van der Waals surface area contributed by atoms with Gasteiger partial charge in [-0.2, -0.15) is 8.78 Å². The Hall–Kier alpha value is -2.32. The molecule has 1 aromatic heterocycles. The number of nitrogens with one attached hydrogen (secondary N) is 1. The van der Waals surface area contributed by atoms with E-state index in [1.165, 1.54) is 25.1 Å². The molecule has 1 aliphatic carbocycles. The van der Waals surface area contributed by atoms with Crippen molar-refractivity contribution in [3.63, 3.8) is 0 Å². The van der Waals surface area contributed by atoms with E-state index in [0.717, 1.165) is 11.2 Å². The van der Waals surface area contributed by atoms with Crippen LogP contribution >= 0.6 is 0 Å². The zero-order valence-corrected chi connectivity index (χ0v) is 19.7. The molecule has 184 valence electrons. The number of sulfonamides is 1. The first-order chi connectivity index (χ1) is 15.6. The number of aromatic nitrogens is 2. The molecule has 0 bridgehead atoms. The van der Waals surface area contributed by atoms with Gasteiger partial charge in [0, 0.05) is 17.5 Å². The Balaban J connectivity index is 1.64. The number of hydrogen-bond acceptors (Lipinski definition) is 7. The smallest absolute Gasteiger partial charge is 0.290 e. The Morgan fingerprint density at radius 3 is 2.50 bits per heavy atom. The van der Waals surface area contributed by atoms with Crippen LogP contribution in [0.15, 0.2) is 23.1 Å². The fourth-order valence-electron chi connectivity index (χ4n) is 4.63. The van der Waals surface area contributed by atoms with Gasteiger partial charge in [-0.05, 0) is 25.0 Å². The Labute approximate surface area is 193 Å². The van der Waals surface area contributed by atoms with Crippen molar-refractivity contribution in [3.05, 3.63) is 35.0 Å². The molecule has 0 amide bonds. The summed E-state index contributed by atoms with van der Waals surface area (Å²) >= 11 is 0. The number of nitrogens with zero attached hydrogens (tertiary/aromatic N) is 3. The standard InChI is InChI=1S/C20H20F4N4O4S2/c1-10-20(23,24)9-28(10)18-25-16(13-5-6-19(21,22)17(13)26-18)11-3-4-12-14(27-33(2,29)30)8-34(31,32)15(12)7-11/h3-4,7,10,14,27H,5-6,8-9H2,1-2H3/t10-,14+/m0/s1. The molecule has 2 aliphatic heterocycles. The van der Waals surface area contributed by atoms with E-state index in [2.05, 4.69) is 14.7 Å². The Bertz CT molecular complexity index is 1430. The quantitative estimate of drug-likeness (QED) is 0.617. The topological polar surface area (TPSA) is 109 Å². The van der Waals surface area contributed by atoms with E-state index in [1.54, 1.807) is 0 Å². The van der Waals surface area contributed by atoms with Crippen molar-refractivity contribution < 1.29 is 34.4 Å². The van der Waals surface area contributed by atoms with E-state index in [0.29, 0.717) is 0 Å². The molecular weight excluding hydrogens is 500 g/mol. The Morgan fingerprint density at radius 1 is 1.18 bits per heavy atom. The number of rotatable bonds is 4. The molecule has 1 N–H and O–H groups in total. The molecular formula is C20H20F4N4O4S2. The second kappa shape index (κ2) is 7.10. The van der Waals surface area contributed by atoms with Crippen LogP contribution in [-0.2, 0) is 32.2 Å². The van der Waals surface area contributed by atoms with Gasteiger partial charge < -0.3 is 4.90 Å². The van der Waals surface area contributed by atoms with Crippen LogP contribution in [0.25, 0.3) is 11.3 Å². The van der Waals surface area contributed by atoms with Gasteiger partial charge in [0.2, 0.25) is 16.0 Å². The molecule has 5 rings (SSSR count). The van der Waals surface area contributed by atoms with Crippen LogP contribution in [-0.4, -0.2) is 57.3 Å². The third kappa shape index (κ3) is 3.66. The van der Waals surface area contributed by atoms with Gasteiger partial charge in [-0.1, -0.05) is 12.1 Å². The largest absolute Gasteiger partial charge is 0.326 e. The van der Waals surface area contributed by atoms with Crippen LogP contribution in [0.5, 0.6) is 0 Å².